The van der Waals surface area contributed by atoms with E-state index in [1.807, 2.05) is 30.3 Å². The van der Waals surface area contributed by atoms with Crippen molar-refractivity contribution in [3.8, 4) is 0 Å². The van der Waals surface area contributed by atoms with Crippen LogP contribution in [-0.2, 0) is 38.4 Å². The number of nitrogens with one attached hydrogen (secondary N) is 5. The van der Waals surface area contributed by atoms with Gasteiger partial charge in [0.2, 0.25) is 17.7 Å². The zero-order valence-electron chi connectivity index (χ0n) is 19.3. The van der Waals surface area contributed by atoms with E-state index >= 15 is 0 Å². The molecule has 0 spiro atoms. The van der Waals surface area contributed by atoms with Crippen molar-refractivity contribution in [1.82, 2.24) is 35.9 Å². The van der Waals surface area contributed by atoms with Crippen LogP contribution in [0.25, 0.3) is 0 Å². The third kappa shape index (κ3) is 8.06. The van der Waals surface area contributed by atoms with Gasteiger partial charge in [-0.2, -0.15) is 0 Å². The third-order valence-electron chi connectivity index (χ3n) is 5.27. The number of hydrogen-bond donors (Lipinski definition) is 7. The number of benzene rings is 1. The molecule has 13 nitrogen and oxygen atoms in total. The summed E-state index contributed by atoms with van der Waals surface area (Å²) < 4.78 is 0. The van der Waals surface area contributed by atoms with Gasteiger partial charge in [0.15, 0.2) is 0 Å². The fraction of sp³-hybridized carbons (Fsp3) is 0.304. The number of carbonyl (C=O) groups excluding carboxylic acids is 3. The molecule has 190 valence electrons. The Hall–Kier alpha value is -4.52. The lowest BCUT2D eigenvalue weighted by Gasteiger charge is -2.23. The molecule has 2 heterocycles. The molecule has 0 saturated heterocycles. The van der Waals surface area contributed by atoms with Crippen molar-refractivity contribution in [2.75, 3.05) is 6.54 Å². The molecule has 0 saturated carbocycles. The molecule has 0 aliphatic carbocycles. The average Bonchev–Trinajstić information content (AvgIpc) is 3.56. The third-order valence-corrected chi connectivity index (χ3v) is 5.27. The molecule has 0 fully saturated rings. The smallest absolute Gasteiger partial charge is 0.322 e. The summed E-state index contributed by atoms with van der Waals surface area (Å²) in [6.45, 7) is -0.614. The number of carboxylic acids is 1. The molecule has 3 rings (SSSR count). The van der Waals surface area contributed by atoms with Gasteiger partial charge in [0.1, 0.15) is 18.6 Å². The van der Waals surface area contributed by atoms with Crippen LogP contribution in [0.5, 0.6) is 0 Å². The molecule has 3 amide bonds. The number of nitrogens with two attached hydrogens (primary N) is 1. The SMILES string of the molecule is NC(Cc1ccccc1)C(=O)NC(Cc1cnc[nH]1)C(=O)NC(Cc1cnc[nH]1)C(=O)NCC(=O)O. The zero-order chi connectivity index (χ0) is 25.9. The Morgan fingerprint density at radius 1 is 0.833 bits per heavy atom. The summed E-state index contributed by atoms with van der Waals surface area (Å²) in [6.07, 6.45) is 6.20. The van der Waals surface area contributed by atoms with Gasteiger partial charge in [0.05, 0.1) is 18.7 Å². The zero-order valence-corrected chi connectivity index (χ0v) is 19.3. The molecule has 0 aliphatic rings. The van der Waals surface area contributed by atoms with Gasteiger partial charge in [0.25, 0.3) is 0 Å². The molecule has 13 heteroatoms. The molecule has 0 aliphatic heterocycles. The Morgan fingerprint density at radius 2 is 1.39 bits per heavy atom. The van der Waals surface area contributed by atoms with Crippen molar-refractivity contribution in [3.05, 3.63) is 72.3 Å². The van der Waals surface area contributed by atoms with Crippen LogP contribution in [0, 0.1) is 0 Å². The van der Waals surface area contributed by atoms with Crippen molar-refractivity contribution in [2.24, 2.45) is 5.73 Å². The number of aromatic nitrogens is 4. The highest BCUT2D eigenvalue weighted by Crippen LogP contribution is 2.06. The monoisotopic (exact) mass is 496 g/mol. The van der Waals surface area contributed by atoms with E-state index in [1.165, 1.54) is 25.0 Å². The number of carboxylic acid groups (broad SMARTS) is 1. The maximum Gasteiger partial charge on any atom is 0.322 e. The van der Waals surface area contributed by atoms with Crippen LogP contribution in [0.1, 0.15) is 17.0 Å². The number of imidazole rings is 2. The highest BCUT2D eigenvalue weighted by Gasteiger charge is 2.29. The van der Waals surface area contributed by atoms with E-state index in [1.54, 1.807) is 0 Å². The van der Waals surface area contributed by atoms with E-state index in [0.29, 0.717) is 11.4 Å². The molecule has 2 aromatic heterocycles. The van der Waals surface area contributed by atoms with Crippen molar-refractivity contribution in [3.63, 3.8) is 0 Å². The Kier molecular flexibility index (Phi) is 9.28. The van der Waals surface area contributed by atoms with Crippen molar-refractivity contribution >= 4 is 23.7 Å². The first-order chi connectivity index (χ1) is 17.3. The molecular weight excluding hydrogens is 468 g/mol. The molecule has 3 aromatic rings. The molecule has 0 bridgehead atoms. The van der Waals surface area contributed by atoms with Crippen LogP contribution in [-0.4, -0.2) is 73.4 Å². The Balaban J connectivity index is 1.72. The predicted molar refractivity (Wildman–Crippen MR) is 127 cm³/mol. The summed E-state index contributed by atoms with van der Waals surface area (Å²) in [5.41, 5.74) is 8.07. The van der Waals surface area contributed by atoms with Gasteiger partial charge in [-0.15, -0.1) is 0 Å². The standard InChI is InChI=1S/C23H28N8O5/c24-17(6-14-4-2-1-3-5-14)21(34)30-19(8-16-10-26-13-29-16)23(36)31-18(7-15-9-25-12-28-15)22(35)27-11-20(32)33/h1-5,9-10,12-13,17-19H,6-8,11,24H2,(H,25,28)(H,26,29)(H,27,35)(H,30,34)(H,31,36)(H,32,33). The van der Waals surface area contributed by atoms with Gasteiger partial charge in [0, 0.05) is 36.6 Å². The van der Waals surface area contributed by atoms with Gasteiger partial charge in [-0.3, -0.25) is 19.2 Å². The lowest BCUT2D eigenvalue weighted by Crippen LogP contribution is -2.57. The number of H-pyrrole nitrogens is 2. The van der Waals surface area contributed by atoms with Crippen LogP contribution in [0.15, 0.2) is 55.4 Å². The normalized spacial score (nSPS) is 13.2. The van der Waals surface area contributed by atoms with Gasteiger partial charge < -0.3 is 36.8 Å². The first-order valence-corrected chi connectivity index (χ1v) is 11.2. The molecule has 1 aromatic carbocycles. The van der Waals surface area contributed by atoms with Crippen molar-refractivity contribution < 1.29 is 24.3 Å². The second-order valence-corrected chi connectivity index (χ2v) is 8.09. The van der Waals surface area contributed by atoms with E-state index in [2.05, 4.69) is 35.9 Å². The van der Waals surface area contributed by atoms with E-state index in [-0.39, 0.29) is 19.3 Å². The number of aromatic amines is 2. The van der Waals surface area contributed by atoms with Gasteiger partial charge in [-0.05, 0) is 12.0 Å². The minimum absolute atomic E-state index is 0.0233. The largest absolute Gasteiger partial charge is 0.480 e. The summed E-state index contributed by atoms with van der Waals surface area (Å²) >= 11 is 0. The van der Waals surface area contributed by atoms with Crippen LogP contribution in [0.4, 0.5) is 0 Å². The van der Waals surface area contributed by atoms with E-state index in [9.17, 15) is 19.2 Å². The van der Waals surface area contributed by atoms with Crippen LogP contribution in [0.2, 0.25) is 0 Å². The van der Waals surface area contributed by atoms with E-state index in [4.69, 9.17) is 10.8 Å². The van der Waals surface area contributed by atoms with E-state index < -0.39 is 48.4 Å². The summed E-state index contributed by atoms with van der Waals surface area (Å²) in [4.78, 5) is 63.1. The second kappa shape index (κ2) is 12.8. The summed E-state index contributed by atoms with van der Waals surface area (Å²) in [6, 6.07) is 6.09. The Labute approximate surface area is 206 Å². The maximum atomic E-state index is 13.2. The Morgan fingerprint density at radius 3 is 1.92 bits per heavy atom. The van der Waals surface area contributed by atoms with Crippen molar-refractivity contribution in [2.45, 2.75) is 37.4 Å². The lowest BCUT2D eigenvalue weighted by atomic mass is 10.0. The highest BCUT2D eigenvalue weighted by atomic mass is 16.4. The first kappa shape index (κ1) is 26.1. The van der Waals surface area contributed by atoms with Crippen LogP contribution in [0.3, 0.4) is 0 Å². The van der Waals surface area contributed by atoms with Crippen LogP contribution < -0.4 is 21.7 Å². The number of carbonyl (C=O) groups is 4. The summed E-state index contributed by atoms with van der Waals surface area (Å²) in [5.74, 6) is -3.13. The maximum absolute atomic E-state index is 13.2. The van der Waals surface area contributed by atoms with Crippen LogP contribution >= 0.6 is 0 Å². The van der Waals surface area contributed by atoms with E-state index in [0.717, 1.165) is 5.56 Å². The number of nitrogens with zero attached hydrogens (tertiary/aromatic N) is 2. The minimum Gasteiger partial charge on any atom is -0.480 e. The molecule has 3 atom stereocenters. The number of amides is 3. The predicted octanol–water partition coefficient (Wildman–Crippen LogP) is -1.34. The second-order valence-electron chi connectivity index (χ2n) is 8.09. The molecular formula is C23H28N8O5. The van der Waals surface area contributed by atoms with Crippen molar-refractivity contribution in [1.29, 1.82) is 0 Å². The number of rotatable bonds is 13. The summed E-state index contributed by atoms with van der Waals surface area (Å²) in [5, 5.41) is 16.4. The average molecular weight is 497 g/mol. The first-order valence-electron chi connectivity index (χ1n) is 11.2. The minimum atomic E-state index is -1.23. The van der Waals surface area contributed by atoms with Gasteiger partial charge in [-0.1, -0.05) is 30.3 Å². The molecule has 3 unspecified atom stereocenters. The number of hydrogen-bond acceptors (Lipinski definition) is 7. The van der Waals surface area contributed by atoms with Gasteiger partial charge >= 0.3 is 5.97 Å². The topological polar surface area (TPSA) is 208 Å². The fourth-order valence-corrected chi connectivity index (χ4v) is 3.45. The molecule has 0 radical (unpaired) electrons. The summed E-state index contributed by atoms with van der Waals surface area (Å²) in [7, 11) is 0. The highest BCUT2D eigenvalue weighted by molar-refractivity contribution is 5.94. The number of aliphatic carboxylic acids is 1. The molecule has 8 N–H and O–H groups in total. The molecule has 36 heavy (non-hydrogen) atoms. The lowest BCUT2D eigenvalue weighted by molar-refractivity contribution is -0.138. The Bertz CT molecular complexity index is 1130. The quantitative estimate of drug-likeness (QED) is 0.150. The van der Waals surface area contributed by atoms with Gasteiger partial charge in [-0.25, -0.2) is 9.97 Å². The fourth-order valence-electron chi connectivity index (χ4n) is 3.45.